The van der Waals surface area contributed by atoms with Crippen molar-refractivity contribution in [3.8, 4) is 0 Å². The Kier molecular flexibility index (Phi) is 1.35. The molecular formula is C11H9NO2. The fourth-order valence-corrected chi connectivity index (χ4v) is 2.03. The molecule has 0 radical (unpaired) electrons. The summed E-state index contributed by atoms with van der Waals surface area (Å²) in [4.78, 5) is 15.8. The molecule has 14 heavy (non-hydrogen) atoms. The summed E-state index contributed by atoms with van der Waals surface area (Å²) >= 11 is 0. The van der Waals surface area contributed by atoms with E-state index in [1.165, 1.54) is 0 Å². The molecule has 0 aliphatic heterocycles. The second-order valence-electron chi connectivity index (χ2n) is 3.60. The van der Waals surface area contributed by atoms with Crippen LogP contribution in [0.4, 0.5) is 0 Å². The first-order chi connectivity index (χ1) is 6.75. The molecule has 0 saturated carbocycles. The molecular weight excluding hydrogens is 178 g/mol. The van der Waals surface area contributed by atoms with Gasteiger partial charge in [-0.25, -0.2) is 4.98 Å². The van der Waals surface area contributed by atoms with Gasteiger partial charge < -0.3 is 4.42 Å². The third kappa shape index (κ3) is 0.867. The first kappa shape index (κ1) is 7.74. The van der Waals surface area contributed by atoms with Gasteiger partial charge in [0, 0.05) is 13.3 Å². The van der Waals surface area contributed by atoms with Gasteiger partial charge in [0.1, 0.15) is 5.52 Å². The van der Waals surface area contributed by atoms with Gasteiger partial charge in [-0.15, -0.1) is 0 Å². The summed E-state index contributed by atoms with van der Waals surface area (Å²) in [6.45, 7) is 1.80. The number of carbonyl (C=O) groups is 1. The van der Waals surface area contributed by atoms with Crippen LogP contribution in [0.25, 0.3) is 11.1 Å². The minimum Gasteiger partial charge on any atom is -0.440 e. The molecule has 0 atom stereocenters. The number of oxazole rings is 1. The Morgan fingerprint density at radius 3 is 3.07 bits per heavy atom. The Balaban J connectivity index is 2.46. The van der Waals surface area contributed by atoms with Gasteiger partial charge in [0.05, 0.1) is 5.56 Å². The Morgan fingerprint density at radius 1 is 1.36 bits per heavy atom. The molecule has 3 rings (SSSR count). The van der Waals surface area contributed by atoms with Crippen LogP contribution in [0.1, 0.15) is 28.2 Å². The number of hydrogen-bond acceptors (Lipinski definition) is 3. The van der Waals surface area contributed by atoms with E-state index in [2.05, 4.69) is 4.98 Å². The molecule has 1 aromatic carbocycles. The van der Waals surface area contributed by atoms with Crippen LogP contribution in [0.2, 0.25) is 0 Å². The zero-order valence-electron chi connectivity index (χ0n) is 7.83. The van der Waals surface area contributed by atoms with E-state index >= 15 is 0 Å². The van der Waals surface area contributed by atoms with E-state index in [0.29, 0.717) is 17.9 Å². The number of nitrogens with zero attached hydrogens (tertiary/aromatic N) is 1. The lowest BCUT2D eigenvalue weighted by atomic mass is 10.1. The van der Waals surface area contributed by atoms with Gasteiger partial charge in [0.15, 0.2) is 17.3 Å². The van der Waals surface area contributed by atoms with E-state index in [1.807, 2.05) is 12.1 Å². The molecule has 1 heterocycles. The zero-order chi connectivity index (χ0) is 9.71. The predicted molar refractivity (Wildman–Crippen MR) is 51.4 cm³/mol. The highest BCUT2D eigenvalue weighted by Gasteiger charge is 2.24. The topological polar surface area (TPSA) is 43.1 Å². The maximum absolute atomic E-state index is 11.6. The fraction of sp³-hybridized carbons (Fsp3) is 0.273. The summed E-state index contributed by atoms with van der Waals surface area (Å²) in [5.74, 6) is 0.801. The van der Waals surface area contributed by atoms with Crippen molar-refractivity contribution >= 4 is 16.9 Å². The molecule has 0 N–H and O–H groups in total. The number of benzene rings is 1. The largest absolute Gasteiger partial charge is 0.440 e. The molecule has 3 heteroatoms. The Morgan fingerprint density at radius 2 is 2.21 bits per heavy atom. The quantitative estimate of drug-likeness (QED) is 0.635. The van der Waals surface area contributed by atoms with Crippen molar-refractivity contribution in [3.63, 3.8) is 0 Å². The molecule has 0 bridgehead atoms. The number of aryl methyl sites for hydroxylation is 2. The molecule has 0 spiro atoms. The summed E-state index contributed by atoms with van der Waals surface area (Å²) in [5.41, 5.74) is 3.31. The van der Waals surface area contributed by atoms with Crippen LogP contribution in [-0.2, 0) is 6.42 Å². The van der Waals surface area contributed by atoms with Gasteiger partial charge >= 0.3 is 0 Å². The third-order valence-corrected chi connectivity index (χ3v) is 2.65. The standard InChI is InChI=1S/C11H9NO2/c1-6-12-8-4-2-7-3-5-9(13)10(7)11(8)14-6/h2,4H,3,5H2,1H3. The van der Waals surface area contributed by atoms with E-state index in [4.69, 9.17) is 4.42 Å². The smallest absolute Gasteiger partial charge is 0.192 e. The first-order valence-electron chi connectivity index (χ1n) is 4.68. The van der Waals surface area contributed by atoms with E-state index in [0.717, 1.165) is 23.1 Å². The summed E-state index contributed by atoms with van der Waals surface area (Å²) in [6.07, 6.45) is 1.44. The summed E-state index contributed by atoms with van der Waals surface area (Å²) in [6, 6.07) is 3.90. The van der Waals surface area contributed by atoms with Gasteiger partial charge in [-0.1, -0.05) is 6.07 Å². The molecule has 0 fully saturated rings. The Hall–Kier alpha value is -1.64. The Labute approximate surface area is 80.7 Å². The van der Waals surface area contributed by atoms with Crippen molar-refractivity contribution in [2.45, 2.75) is 19.8 Å². The third-order valence-electron chi connectivity index (χ3n) is 2.65. The number of carbonyl (C=O) groups excluding carboxylic acids is 1. The second-order valence-corrected chi connectivity index (χ2v) is 3.60. The van der Waals surface area contributed by atoms with Crippen molar-refractivity contribution < 1.29 is 9.21 Å². The fourth-order valence-electron chi connectivity index (χ4n) is 2.03. The number of rotatable bonds is 0. The van der Waals surface area contributed by atoms with Gasteiger partial charge in [-0.2, -0.15) is 0 Å². The highest BCUT2D eigenvalue weighted by molar-refractivity contribution is 6.09. The molecule has 0 unspecified atom stereocenters. The second kappa shape index (κ2) is 2.44. The molecule has 0 saturated heterocycles. The van der Waals surface area contributed by atoms with Crippen LogP contribution in [0.3, 0.4) is 0 Å². The normalized spacial score (nSPS) is 15.1. The first-order valence-corrected chi connectivity index (χ1v) is 4.68. The maximum Gasteiger partial charge on any atom is 0.192 e. The molecule has 1 aliphatic carbocycles. The van der Waals surface area contributed by atoms with Gasteiger partial charge in [0.2, 0.25) is 0 Å². The van der Waals surface area contributed by atoms with E-state index in [9.17, 15) is 4.79 Å². The van der Waals surface area contributed by atoms with Crippen LogP contribution in [0, 0.1) is 6.92 Å². The van der Waals surface area contributed by atoms with Crippen LogP contribution in [0.15, 0.2) is 16.5 Å². The van der Waals surface area contributed by atoms with Crippen molar-refractivity contribution in [3.05, 3.63) is 29.2 Å². The summed E-state index contributed by atoms with van der Waals surface area (Å²) in [5, 5.41) is 0. The van der Waals surface area contributed by atoms with Crippen LogP contribution in [0.5, 0.6) is 0 Å². The van der Waals surface area contributed by atoms with Crippen molar-refractivity contribution in [1.82, 2.24) is 4.98 Å². The minimum atomic E-state index is 0.182. The van der Waals surface area contributed by atoms with E-state index in [-0.39, 0.29) is 5.78 Å². The number of aromatic nitrogens is 1. The van der Waals surface area contributed by atoms with Crippen molar-refractivity contribution in [2.24, 2.45) is 0 Å². The lowest BCUT2D eigenvalue weighted by molar-refractivity contribution is 0.0995. The average Bonchev–Trinajstić information content (AvgIpc) is 2.68. The number of fused-ring (bicyclic) bond motifs is 3. The SMILES string of the molecule is Cc1nc2ccc3c(c2o1)C(=O)CC3. The van der Waals surface area contributed by atoms with E-state index in [1.54, 1.807) is 6.92 Å². The summed E-state index contributed by atoms with van der Waals surface area (Å²) in [7, 11) is 0. The highest BCUT2D eigenvalue weighted by atomic mass is 16.3. The molecule has 2 aromatic rings. The van der Waals surface area contributed by atoms with Gasteiger partial charge in [-0.3, -0.25) is 4.79 Å². The predicted octanol–water partition coefficient (Wildman–Crippen LogP) is 2.27. The van der Waals surface area contributed by atoms with Crippen LogP contribution < -0.4 is 0 Å². The average molecular weight is 187 g/mol. The van der Waals surface area contributed by atoms with Gasteiger partial charge in [0.25, 0.3) is 0 Å². The molecule has 3 nitrogen and oxygen atoms in total. The number of Topliss-reactive ketones (excluding diaryl/α,β-unsaturated/α-hetero) is 1. The molecule has 0 amide bonds. The molecule has 1 aromatic heterocycles. The molecule has 70 valence electrons. The molecule has 1 aliphatic rings. The monoisotopic (exact) mass is 187 g/mol. The highest BCUT2D eigenvalue weighted by Crippen LogP contribution is 2.29. The van der Waals surface area contributed by atoms with Gasteiger partial charge in [-0.05, 0) is 18.1 Å². The van der Waals surface area contributed by atoms with Crippen molar-refractivity contribution in [2.75, 3.05) is 0 Å². The number of hydrogen-bond donors (Lipinski definition) is 0. The van der Waals surface area contributed by atoms with E-state index < -0.39 is 0 Å². The zero-order valence-corrected chi connectivity index (χ0v) is 7.83. The maximum atomic E-state index is 11.6. The van der Waals surface area contributed by atoms with Crippen molar-refractivity contribution in [1.29, 1.82) is 0 Å². The van der Waals surface area contributed by atoms with Crippen LogP contribution in [-0.4, -0.2) is 10.8 Å². The van der Waals surface area contributed by atoms with Crippen LogP contribution >= 0.6 is 0 Å². The Bertz CT molecular complexity index is 539. The lowest BCUT2D eigenvalue weighted by Crippen LogP contribution is -1.91. The summed E-state index contributed by atoms with van der Waals surface area (Å²) < 4.78 is 5.45. The minimum absolute atomic E-state index is 0.182. The number of ketones is 1. The lowest BCUT2D eigenvalue weighted by Gasteiger charge is -1.95.